The molecular formula is C54H96O5. The summed E-state index contributed by atoms with van der Waals surface area (Å²) in [5.41, 5.74) is 0. The van der Waals surface area contributed by atoms with Gasteiger partial charge in [0.05, 0.1) is 6.61 Å². The Kier molecular flexibility index (Phi) is 47.9. The van der Waals surface area contributed by atoms with Crippen LogP contribution in [0.15, 0.2) is 60.8 Å². The first-order valence-corrected chi connectivity index (χ1v) is 25.3. The van der Waals surface area contributed by atoms with Gasteiger partial charge in [-0.25, -0.2) is 0 Å². The summed E-state index contributed by atoms with van der Waals surface area (Å²) in [7, 11) is 0. The zero-order valence-electron chi connectivity index (χ0n) is 39.0. The van der Waals surface area contributed by atoms with Gasteiger partial charge in [-0.05, 0) is 77.0 Å². The molecule has 0 spiro atoms. The topological polar surface area (TPSA) is 72.8 Å². The fraction of sp³-hybridized carbons (Fsp3) is 0.778. The number of hydrogen-bond donors (Lipinski definition) is 1. The van der Waals surface area contributed by atoms with Crippen molar-refractivity contribution < 1.29 is 24.2 Å². The van der Waals surface area contributed by atoms with Crippen LogP contribution < -0.4 is 0 Å². The van der Waals surface area contributed by atoms with Crippen molar-refractivity contribution in [2.75, 3.05) is 13.2 Å². The van der Waals surface area contributed by atoms with Gasteiger partial charge < -0.3 is 14.6 Å². The first-order chi connectivity index (χ1) is 29.1. The summed E-state index contributed by atoms with van der Waals surface area (Å²) in [6.07, 6.45) is 66.0. The third-order valence-corrected chi connectivity index (χ3v) is 11.0. The average Bonchev–Trinajstić information content (AvgIpc) is 3.24. The van der Waals surface area contributed by atoms with E-state index in [4.69, 9.17) is 9.47 Å². The van der Waals surface area contributed by atoms with E-state index in [1.54, 1.807) is 0 Å². The summed E-state index contributed by atoms with van der Waals surface area (Å²) < 4.78 is 10.7. The van der Waals surface area contributed by atoms with Crippen molar-refractivity contribution in [3.8, 4) is 0 Å². The molecule has 0 bridgehead atoms. The van der Waals surface area contributed by atoms with Gasteiger partial charge in [0.2, 0.25) is 0 Å². The molecule has 1 N–H and O–H groups in total. The van der Waals surface area contributed by atoms with E-state index in [0.717, 1.165) is 70.6 Å². The van der Waals surface area contributed by atoms with Crippen LogP contribution in [0.5, 0.6) is 0 Å². The van der Waals surface area contributed by atoms with E-state index < -0.39 is 6.10 Å². The van der Waals surface area contributed by atoms with Gasteiger partial charge in [0.1, 0.15) is 6.61 Å². The Morgan fingerprint density at radius 2 is 0.729 bits per heavy atom. The SMILES string of the molecule is CC/C=C\C/C=C\C/C=C\C/C=C\CCCCCCCCCCCCCCCCCCC(=O)OC(CO)COC(=O)CCCCCCC/C=C\CCCCCCCCC. The lowest BCUT2D eigenvalue weighted by molar-refractivity contribution is -0.161. The minimum absolute atomic E-state index is 0.0690. The highest BCUT2D eigenvalue weighted by Gasteiger charge is 2.16. The average molecular weight is 825 g/mol. The molecule has 5 heteroatoms. The number of ether oxygens (including phenoxy) is 2. The second-order valence-corrected chi connectivity index (χ2v) is 16.9. The number of unbranched alkanes of at least 4 members (excludes halogenated alkanes) is 28. The zero-order chi connectivity index (χ0) is 42.8. The molecule has 0 heterocycles. The monoisotopic (exact) mass is 825 g/mol. The van der Waals surface area contributed by atoms with Crippen LogP contribution in [-0.2, 0) is 19.1 Å². The van der Waals surface area contributed by atoms with Gasteiger partial charge in [-0.2, -0.15) is 0 Å². The van der Waals surface area contributed by atoms with Crippen molar-refractivity contribution in [1.29, 1.82) is 0 Å². The molecule has 0 aliphatic carbocycles. The maximum Gasteiger partial charge on any atom is 0.306 e. The second kappa shape index (κ2) is 50.0. The summed E-state index contributed by atoms with van der Waals surface area (Å²) in [6.45, 7) is 4.04. The van der Waals surface area contributed by atoms with Crippen LogP contribution in [0.1, 0.15) is 251 Å². The Morgan fingerprint density at radius 1 is 0.407 bits per heavy atom. The van der Waals surface area contributed by atoms with E-state index in [-0.39, 0.29) is 25.2 Å². The van der Waals surface area contributed by atoms with Crippen LogP contribution in [0.4, 0.5) is 0 Å². The van der Waals surface area contributed by atoms with Gasteiger partial charge in [-0.1, -0.05) is 222 Å². The van der Waals surface area contributed by atoms with Crippen molar-refractivity contribution in [2.24, 2.45) is 0 Å². The predicted octanol–water partition coefficient (Wildman–Crippen LogP) is 16.7. The smallest absolute Gasteiger partial charge is 0.306 e. The Labute approximate surface area is 366 Å². The molecule has 0 saturated heterocycles. The van der Waals surface area contributed by atoms with E-state index in [9.17, 15) is 14.7 Å². The van der Waals surface area contributed by atoms with E-state index in [0.29, 0.717) is 12.8 Å². The van der Waals surface area contributed by atoms with Crippen LogP contribution in [0.25, 0.3) is 0 Å². The molecule has 1 unspecified atom stereocenters. The molecule has 5 nitrogen and oxygen atoms in total. The lowest BCUT2D eigenvalue weighted by Gasteiger charge is -2.15. The quantitative estimate of drug-likeness (QED) is 0.0376. The van der Waals surface area contributed by atoms with Crippen LogP contribution in [0, 0.1) is 0 Å². The maximum atomic E-state index is 12.3. The summed E-state index contributed by atoms with van der Waals surface area (Å²) in [4.78, 5) is 24.4. The van der Waals surface area contributed by atoms with Gasteiger partial charge in [-0.3, -0.25) is 9.59 Å². The molecule has 59 heavy (non-hydrogen) atoms. The Balaban J connectivity index is 3.48. The van der Waals surface area contributed by atoms with Gasteiger partial charge in [0.15, 0.2) is 6.10 Å². The highest BCUT2D eigenvalue weighted by Crippen LogP contribution is 2.16. The minimum Gasteiger partial charge on any atom is -0.462 e. The minimum atomic E-state index is -0.775. The Morgan fingerprint density at radius 3 is 1.12 bits per heavy atom. The van der Waals surface area contributed by atoms with Crippen molar-refractivity contribution in [2.45, 2.75) is 258 Å². The van der Waals surface area contributed by atoms with Crippen molar-refractivity contribution in [3.63, 3.8) is 0 Å². The highest BCUT2D eigenvalue weighted by atomic mass is 16.6. The van der Waals surface area contributed by atoms with Gasteiger partial charge >= 0.3 is 11.9 Å². The molecule has 0 aliphatic heterocycles. The summed E-state index contributed by atoms with van der Waals surface area (Å²) in [5, 5.41) is 9.62. The molecule has 0 radical (unpaired) electrons. The Hall–Kier alpha value is -2.40. The maximum absolute atomic E-state index is 12.3. The molecule has 0 rings (SSSR count). The summed E-state index contributed by atoms with van der Waals surface area (Å²) in [6, 6.07) is 0. The molecule has 0 fully saturated rings. The summed E-state index contributed by atoms with van der Waals surface area (Å²) in [5.74, 6) is -0.593. The van der Waals surface area contributed by atoms with Crippen LogP contribution in [-0.4, -0.2) is 36.4 Å². The number of aliphatic hydroxyl groups is 1. The van der Waals surface area contributed by atoms with Gasteiger partial charge in [-0.15, -0.1) is 0 Å². The molecule has 342 valence electrons. The second-order valence-electron chi connectivity index (χ2n) is 16.9. The summed E-state index contributed by atoms with van der Waals surface area (Å²) >= 11 is 0. The van der Waals surface area contributed by atoms with E-state index in [2.05, 4.69) is 74.6 Å². The fourth-order valence-corrected chi connectivity index (χ4v) is 7.25. The van der Waals surface area contributed by atoms with Crippen molar-refractivity contribution >= 4 is 11.9 Å². The number of allylic oxidation sites excluding steroid dienone is 10. The van der Waals surface area contributed by atoms with Crippen molar-refractivity contribution in [1.82, 2.24) is 0 Å². The molecule has 0 amide bonds. The van der Waals surface area contributed by atoms with Crippen molar-refractivity contribution in [3.05, 3.63) is 60.8 Å². The predicted molar refractivity (Wildman–Crippen MR) is 256 cm³/mol. The number of carbonyl (C=O) groups excluding carboxylic acids is 2. The van der Waals surface area contributed by atoms with E-state index in [1.807, 2.05) is 0 Å². The molecular weight excluding hydrogens is 729 g/mol. The number of rotatable bonds is 46. The third-order valence-electron chi connectivity index (χ3n) is 11.0. The number of carbonyl (C=O) groups is 2. The molecule has 0 aromatic heterocycles. The van der Waals surface area contributed by atoms with Gasteiger partial charge in [0.25, 0.3) is 0 Å². The lowest BCUT2D eigenvalue weighted by atomic mass is 10.0. The first kappa shape index (κ1) is 56.6. The third kappa shape index (κ3) is 48.1. The highest BCUT2D eigenvalue weighted by molar-refractivity contribution is 5.70. The first-order valence-electron chi connectivity index (χ1n) is 25.3. The van der Waals surface area contributed by atoms with Crippen LogP contribution in [0.2, 0.25) is 0 Å². The molecule has 0 aromatic carbocycles. The standard InChI is InChI=1S/C54H96O5/c1-3-5-7-9-11-13-15-17-19-21-22-23-24-25-26-27-28-29-30-31-32-33-35-37-39-41-43-45-47-49-54(57)59-52(50-55)51-58-53(56)48-46-44-42-40-38-36-34-20-18-16-14-12-10-8-6-4-2/h5,7,11,13,17,19-20,22-23,34,52,55H,3-4,6,8-10,12,14-16,18,21,24-33,35-51H2,1-2H3/b7-5-,13-11-,19-17-,23-22-,34-20-. The number of aliphatic hydroxyl groups excluding tert-OH is 1. The fourth-order valence-electron chi connectivity index (χ4n) is 7.25. The van der Waals surface area contributed by atoms with Crippen LogP contribution in [0.3, 0.4) is 0 Å². The molecule has 0 aliphatic rings. The van der Waals surface area contributed by atoms with E-state index >= 15 is 0 Å². The van der Waals surface area contributed by atoms with Gasteiger partial charge in [0, 0.05) is 12.8 Å². The number of esters is 2. The Bertz CT molecular complexity index is 1020. The normalized spacial score (nSPS) is 12.7. The zero-order valence-corrected chi connectivity index (χ0v) is 39.0. The van der Waals surface area contributed by atoms with E-state index in [1.165, 1.54) is 154 Å². The molecule has 0 saturated carbocycles. The molecule has 0 aromatic rings. The number of hydrogen-bond acceptors (Lipinski definition) is 5. The van der Waals surface area contributed by atoms with Crippen LogP contribution >= 0.6 is 0 Å². The lowest BCUT2D eigenvalue weighted by Crippen LogP contribution is -2.28. The molecule has 1 atom stereocenters. The largest absolute Gasteiger partial charge is 0.462 e.